The van der Waals surface area contributed by atoms with E-state index in [-0.39, 0.29) is 0 Å². The van der Waals surface area contributed by atoms with Gasteiger partial charge in [0.25, 0.3) is 5.91 Å². The number of ether oxygens (including phenoxy) is 1. The zero-order valence-corrected chi connectivity index (χ0v) is 16.0. The van der Waals surface area contributed by atoms with Gasteiger partial charge in [-0.2, -0.15) is 5.26 Å². The van der Waals surface area contributed by atoms with Crippen molar-refractivity contribution in [1.82, 2.24) is 4.98 Å². The van der Waals surface area contributed by atoms with E-state index in [1.165, 1.54) is 17.5 Å². The number of nitriles is 1. The second kappa shape index (κ2) is 8.84. The average Bonchev–Trinajstić information content (AvgIpc) is 3.19. The fraction of sp³-hybridized carbons (Fsp3) is 0.0952. The van der Waals surface area contributed by atoms with E-state index in [9.17, 15) is 10.1 Å². The van der Waals surface area contributed by atoms with Crippen LogP contribution in [-0.2, 0) is 0 Å². The number of nitrogens with one attached hydrogen (secondary N) is 1. The molecule has 2 aromatic carbocycles. The molecule has 1 heterocycles. The average molecular weight is 390 g/mol. The number of rotatable bonds is 7. The third kappa shape index (κ3) is 4.37. The molecule has 1 aromatic heterocycles. The number of primary amides is 1. The summed E-state index contributed by atoms with van der Waals surface area (Å²) in [6.07, 6.45) is 1.53. The highest BCUT2D eigenvalue weighted by molar-refractivity contribution is 7.11. The number of thiazole rings is 1. The van der Waals surface area contributed by atoms with Gasteiger partial charge in [0.05, 0.1) is 23.6 Å². The molecule has 0 saturated carbocycles. The Balaban J connectivity index is 1.82. The Labute approximate surface area is 166 Å². The quantitative estimate of drug-likeness (QED) is 0.586. The summed E-state index contributed by atoms with van der Waals surface area (Å²) >= 11 is 1.37. The van der Waals surface area contributed by atoms with Crippen LogP contribution < -0.4 is 15.8 Å². The predicted octanol–water partition coefficient (Wildman–Crippen LogP) is 4.28. The number of carbonyl (C=O) groups excluding carboxylic acids is 1. The number of nitrogens with two attached hydrogens (primary N) is 1. The molecule has 6 nitrogen and oxygen atoms in total. The molecule has 0 atom stereocenters. The lowest BCUT2D eigenvalue weighted by molar-refractivity contribution is 0.100. The summed E-state index contributed by atoms with van der Waals surface area (Å²) < 4.78 is 5.45. The Morgan fingerprint density at radius 2 is 2.04 bits per heavy atom. The fourth-order valence-electron chi connectivity index (χ4n) is 2.53. The van der Waals surface area contributed by atoms with Crippen molar-refractivity contribution in [2.45, 2.75) is 6.92 Å². The maximum absolute atomic E-state index is 11.5. The molecule has 1 amide bonds. The molecule has 7 heteroatoms. The molecule has 0 radical (unpaired) electrons. The summed E-state index contributed by atoms with van der Waals surface area (Å²) in [4.78, 5) is 16.1. The van der Waals surface area contributed by atoms with Gasteiger partial charge in [-0.25, -0.2) is 4.98 Å². The lowest BCUT2D eigenvalue weighted by atomic mass is 10.1. The highest BCUT2D eigenvalue weighted by Crippen LogP contribution is 2.27. The summed E-state index contributed by atoms with van der Waals surface area (Å²) in [6.45, 7) is 2.55. The number of allylic oxidation sites excluding steroid dienone is 1. The Hall–Kier alpha value is -3.63. The van der Waals surface area contributed by atoms with Gasteiger partial charge in [0.2, 0.25) is 0 Å². The maximum atomic E-state index is 11.5. The molecule has 0 bridgehead atoms. The van der Waals surface area contributed by atoms with Crippen molar-refractivity contribution in [3.05, 3.63) is 70.7 Å². The molecule has 3 rings (SSSR count). The number of hydrogen-bond donors (Lipinski definition) is 2. The van der Waals surface area contributed by atoms with Gasteiger partial charge in [-0.05, 0) is 43.3 Å². The number of anilines is 1. The van der Waals surface area contributed by atoms with Gasteiger partial charge in [0.15, 0.2) is 0 Å². The monoisotopic (exact) mass is 390 g/mol. The van der Waals surface area contributed by atoms with E-state index in [1.807, 2.05) is 36.6 Å². The van der Waals surface area contributed by atoms with Crippen LogP contribution in [-0.4, -0.2) is 17.5 Å². The molecular formula is C21H18N4O2S. The molecule has 3 aromatic rings. The van der Waals surface area contributed by atoms with Crippen LogP contribution in [0.3, 0.4) is 0 Å². The van der Waals surface area contributed by atoms with Gasteiger partial charge < -0.3 is 15.8 Å². The second-order valence-electron chi connectivity index (χ2n) is 5.72. The fourth-order valence-corrected chi connectivity index (χ4v) is 3.33. The maximum Gasteiger partial charge on any atom is 0.250 e. The molecule has 0 aliphatic rings. The molecule has 140 valence electrons. The second-order valence-corrected chi connectivity index (χ2v) is 6.58. The van der Waals surface area contributed by atoms with Gasteiger partial charge in [-0.1, -0.05) is 12.1 Å². The molecule has 0 aliphatic heterocycles. The van der Waals surface area contributed by atoms with Crippen LogP contribution >= 0.6 is 11.3 Å². The van der Waals surface area contributed by atoms with Crippen molar-refractivity contribution in [3.63, 3.8) is 0 Å². The Bertz CT molecular complexity index is 1050. The van der Waals surface area contributed by atoms with E-state index in [2.05, 4.69) is 16.4 Å². The highest BCUT2D eigenvalue weighted by atomic mass is 32.1. The first kappa shape index (κ1) is 19.1. The number of hydrogen-bond acceptors (Lipinski definition) is 6. The standard InChI is InChI=1S/C21H18N4O2S/c1-2-27-16-9-7-14(8-10-16)19-13-28-21(25-19)15(11-22)12-24-18-6-4-3-5-17(18)20(23)26/h3-10,12-13,24H,2H2,1H3,(H2,23,26). The Morgan fingerprint density at radius 1 is 1.29 bits per heavy atom. The third-order valence-electron chi connectivity index (χ3n) is 3.88. The minimum absolute atomic E-state index is 0.352. The zero-order valence-electron chi connectivity index (χ0n) is 15.2. The van der Waals surface area contributed by atoms with Crippen LogP contribution in [0.5, 0.6) is 5.75 Å². The van der Waals surface area contributed by atoms with Gasteiger partial charge in [-0.15, -0.1) is 11.3 Å². The molecule has 0 aliphatic carbocycles. The number of amides is 1. The van der Waals surface area contributed by atoms with Gasteiger partial charge in [0.1, 0.15) is 22.4 Å². The van der Waals surface area contributed by atoms with Crippen LogP contribution in [0.15, 0.2) is 60.1 Å². The number of benzene rings is 2. The minimum atomic E-state index is -0.540. The molecule has 0 saturated heterocycles. The molecule has 0 fully saturated rings. The van der Waals surface area contributed by atoms with E-state index in [4.69, 9.17) is 10.5 Å². The first-order valence-corrected chi connectivity index (χ1v) is 9.45. The first-order valence-electron chi connectivity index (χ1n) is 8.57. The number of carbonyl (C=O) groups is 1. The van der Waals surface area contributed by atoms with Gasteiger partial charge in [-0.3, -0.25) is 4.79 Å². The number of para-hydroxylation sites is 1. The predicted molar refractivity (Wildman–Crippen MR) is 111 cm³/mol. The van der Waals surface area contributed by atoms with Crippen molar-refractivity contribution in [1.29, 1.82) is 5.26 Å². The minimum Gasteiger partial charge on any atom is -0.494 e. The lowest BCUT2D eigenvalue weighted by Gasteiger charge is -2.06. The molecule has 28 heavy (non-hydrogen) atoms. The smallest absolute Gasteiger partial charge is 0.250 e. The van der Waals surface area contributed by atoms with Gasteiger partial charge >= 0.3 is 0 Å². The van der Waals surface area contributed by atoms with Crippen molar-refractivity contribution in [2.75, 3.05) is 11.9 Å². The van der Waals surface area contributed by atoms with Crippen molar-refractivity contribution in [2.24, 2.45) is 5.73 Å². The first-order chi connectivity index (χ1) is 13.6. The van der Waals surface area contributed by atoms with Crippen LogP contribution in [0, 0.1) is 11.3 Å². The Kier molecular flexibility index (Phi) is 6.04. The normalized spacial score (nSPS) is 10.9. The van der Waals surface area contributed by atoms with Crippen LogP contribution in [0.1, 0.15) is 22.3 Å². The van der Waals surface area contributed by atoms with Crippen molar-refractivity contribution >= 4 is 28.5 Å². The van der Waals surface area contributed by atoms with Crippen LogP contribution in [0.2, 0.25) is 0 Å². The van der Waals surface area contributed by atoms with Crippen LogP contribution in [0.25, 0.3) is 16.8 Å². The number of nitrogens with zero attached hydrogens (tertiary/aromatic N) is 2. The molecule has 3 N–H and O–H groups in total. The summed E-state index contributed by atoms with van der Waals surface area (Å²) in [5, 5.41) is 15.0. The van der Waals surface area contributed by atoms with E-state index < -0.39 is 5.91 Å². The highest BCUT2D eigenvalue weighted by Gasteiger charge is 2.11. The number of aromatic nitrogens is 1. The largest absolute Gasteiger partial charge is 0.494 e. The summed E-state index contributed by atoms with van der Waals surface area (Å²) in [5.74, 6) is 0.263. The lowest BCUT2D eigenvalue weighted by Crippen LogP contribution is -2.13. The van der Waals surface area contributed by atoms with Crippen molar-refractivity contribution < 1.29 is 9.53 Å². The topological polar surface area (TPSA) is 101 Å². The molecular weight excluding hydrogens is 372 g/mol. The van der Waals surface area contributed by atoms with E-state index in [0.29, 0.717) is 28.4 Å². The molecule has 0 spiro atoms. The van der Waals surface area contributed by atoms with E-state index in [1.54, 1.807) is 24.3 Å². The molecule has 0 unspecified atom stereocenters. The van der Waals surface area contributed by atoms with E-state index >= 15 is 0 Å². The Morgan fingerprint density at radius 3 is 2.71 bits per heavy atom. The summed E-state index contributed by atoms with van der Waals surface area (Å²) in [7, 11) is 0. The summed E-state index contributed by atoms with van der Waals surface area (Å²) in [5.41, 5.74) is 8.35. The van der Waals surface area contributed by atoms with Crippen LogP contribution in [0.4, 0.5) is 5.69 Å². The zero-order chi connectivity index (χ0) is 19.9. The summed E-state index contributed by atoms with van der Waals surface area (Å²) in [6, 6.07) is 16.6. The van der Waals surface area contributed by atoms with Crippen molar-refractivity contribution in [3.8, 4) is 23.1 Å². The SMILES string of the molecule is CCOc1ccc(-c2csc(C(C#N)=CNc3ccccc3C(N)=O)n2)cc1. The third-order valence-corrected chi connectivity index (χ3v) is 4.76. The van der Waals surface area contributed by atoms with Gasteiger partial charge in [0, 0.05) is 17.1 Å². The van der Waals surface area contributed by atoms with E-state index in [0.717, 1.165) is 17.0 Å².